The molecular weight excluding hydrogens is 548 g/mol. The van der Waals surface area contributed by atoms with Crippen molar-refractivity contribution in [3.05, 3.63) is 41.5 Å². The summed E-state index contributed by atoms with van der Waals surface area (Å²) in [5.41, 5.74) is 20.1. The number of halogens is 6. The molecule has 3 nitrogen and oxygen atoms in total. The third kappa shape index (κ3) is 164. The van der Waals surface area contributed by atoms with Crippen LogP contribution in [0.5, 0.6) is 0 Å². The molecule has 0 aromatic carbocycles. The van der Waals surface area contributed by atoms with Gasteiger partial charge in [0.15, 0.2) is 0 Å². The van der Waals surface area contributed by atoms with Gasteiger partial charge < -0.3 is 17.2 Å². The standard InChI is InChI=1S/C5H5.3C4H10N.C2HF6Ge.Zr/c1-2-4-5-3-1;3*1-4(2,3)5;3-1(4,5)9-2(6,7)8;/h1-3H,4H2;3*5H,1-3H3;9H;/q4*-1;;+4. The van der Waals surface area contributed by atoms with Crippen LogP contribution in [0.25, 0.3) is 17.2 Å². The Balaban J connectivity index is -0.0000000884. The molecule has 1 aliphatic rings. The van der Waals surface area contributed by atoms with Crippen molar-refractivity contribution in [1.29, 1.82) is 0 Å². The average molecular weight is 584 g/mol. The Labute approximate surface area is 204 Å². The molecule has 1 rings (SSSR count). The van der Waals surface area contributed by atoms with Crippen molar-refractivity contribution in [2.24, 2.45) is 0 Å². The molecule has 3 N–H and O–H groups in total. The summed E-state index contributed by atoms with van der Waals surface area (Å²) in [6.07, 6.45) is 10.0. The van der Waals surface area contributed by atoms with Gasteiger partial charge in [-0.25, -0.2) is 12.2 Å². The Morgan fingerprint density at radius 1 is 0.667 bits per heavy atom. The van der Waals surface area contributed by atoms with Crippen molar-refractivity contribution < 1.29 is 52.5 Å². The van der Waals surface area contributed by atoms with E-state index in [0.717, 1.165) is 6.42 Å². The topological polar surface area (TPSA) is 71.4 Å². The van der Waals surface area contributed by atoms with Crippen molar-refractivity contribution >= 4 is 15.4 Å². The van der Waals surface area contributed by atoms with E-state index < -0.39 is 25.4 Å². The third-order valence-electron chi connectivity index (χ3n) is 0.913. The van der Waals surface area contributed by atoms with Gasteiger partial charge >= 0.3 is 78.0 Å². The Morgan fingerprint density at radius 2 is 0.900 bits per heavy atom. The average Bonchev–Trinajstić information content (AvgIpc) is 2.71. The summed E-state index contributed by atoms with van der Waals surface area (Å²) < 4.78 is 65.4. The van der Waals surface area contributed by atoms with Crippen LogP contribution in [0.1, 0.15) is 68.7 Å². The van der Waals surface area contributed by atoms with Gasteiger partial charge in [-0.3, -0.25) is 6.08 Å². The van der Waals surface area contributed by atoms with E-state index in [4.69, 9.17) is 17.2 Å². The Hall–Kier alpha value is 0.366. The molecule has 0 bridgehead atoms. The van der Waals surface area contributed by atoms with Crippen LogP contribution in [0.4, 0.5) is 26.3 Å². The molecule has 0 saturated heterocycles. The van der Waals surface area contributed by atoms with Gasteiger partial charge in [0.25, 0.3) is 0 Å². The Bertz CT molecular complexity index is 375. The fourth-order valence-electron chi connectivity index (χ4n) is 0.526. The second-order valence-electron chi connectivity index (χ2n) is 8.98. The molecule has 1 aliphatic carbocycles. The van der Waals surface area contributed by atoms with Crippen molar-refractivity contribution in [2.75, 3.05) is 0 Å². The predicted octanol–water partition coefficient (Wildman–Crippen LogP) is 8.28. The van der Waals surface area contributed by atoms with Crippen molar-refractivity contribution in [3.63, 3.8) is 0 Å². The minimum atomic E-state index is -4.98. The number of hydrogen-bond donors (Lipinski definition) is 0. The van der Waals surface area contributed by atoms with Gasteiger partial charge in [-0.05, 0) is 0 Å². The summed E-state index contributed by atoms with van der Waals surface area (Å²) in [4.78, 5) is 0. The van der Waals surface area contributed by atoms with Crippen molar-refractivity contribution in [3.8, 4) is 0 Å². The maximum Gasteiger partial charge on any atom is 4.00 e. The van der Waals surface area contributed by atoms with Crippen LogP contribution >= 0.6 is 0 Å². The fraction of sp³-hybridized carbons (Fsp3) is 0.789. The van der Waals surface area contributed by atoms with Gasteiger partial charge in [0.1, 0.15) is 0 Å². The predicted molar refractivity (Wildman–Crippen MR) is 113 cm³/mol. The normalized spacial score (nSPS) is 13.1. The molecule has 0 spiro atoms. The van der Waals surface area contributed by atoms with Crippen LogP contribution in [-0.4, -0.2) is 42.1 Å². The first-order valence-corrected chi connectivity index (χ1v) is 11.1. The quantitative estimate of drug-likeness (QED) is 0.156. The van der Waals surface area contributed by atoms with Crippen LogP contribution < -0.4 is 0 Å². The molecule has 0 amide bonds. The smallest absolute Gasteiger partial charge is 0.273 e. The van der Waals surface area contributed by atoms with E-state index in [2.05, 4.69) is 12.2 Å². The number of hydrogen-bond acceptors (Lipinski definition) is 0. The van der Waals surface area contributed by atoms with Gasteiger partial charge in [-0.15, -0.1) is 23.0 Å². The number of allylic oxidation sites excluding steroid dienone is 4. The first-order valence-electron chi connectivity index (χ1n) is 8.68. The summed E-state index contributed by atoms with van der Waals surface area (Å²) in [7, 11) is 0. The summed E-state index contributed by atoms with van der Waals surface area (Å²) in [6.45, 7) is 16.7. The zero-order valence-corrected chi connectivity index (χ0v) is 24.2. The van der Waals surface area contributed by atoms with E-state index in [0.29, 0.717) is 0 Å². The number of nitrogens with one attached hydrogen (secondary N) is 3. The van der Waals surface area contributed by atoms with Crippen molar-refractivity contribution in [2.45, 2.75) is 95.4 Å². The molecule has 0 atom stereocenters. The molecule has 0 aromatic rings. The van der Waals surface area contributed by atoms with Crippen LogP contribution in [0.2, 0.25) is 0 Å². The van der Waals surface area contributed by atoms with Gasteiger partial charge in [0.05, 0.1) is 0 Å². The maximum atomic E-state index is 10.9. The second kappa shape index (κ2) is 17.9. The van der Waals surface area contributed by atoms with E-state index in [1.54, 1.807) is 0 Å². The second-order valence-corrected chi connectivity index (χ2v) is 12.3. The summed E-state index contributed by atoms with van der Waals surface area (Å²) in [5, 5.41) is -9.97. The SMILES string of the molecule is CC(C)(C)[NH-].CC(C)(C)[NH-].CC(C)(C)[NH-].F[C](F)(F)[GeH][C](F)(F)F.[C-]1=CC=CC1.[Zr+4]. The van der Waals surface area contributed by atoms with Crippen LogP contribution in [-0.2, 0) is 26.2 Å². The largest absolute Gasteiger partial charge is 4.00 e. The Kier molecular flexibility index (Phi) is 24.2. The van der Waals surface area contributed by atoms with Crippen molar-refractivity contribution in [1.82, 2.24) is 0 Å². The number of alkyl halides is 6. The van der Waals surface area contributed by atoms with Crippen LogP contribution in [0, 0.1) is 6.08 Å². The molecule has 0 aromatic heterocycles. The first-order chi connectivity index (χ1) is 12.2. The molecule has 1 radical (unpaired) electrons. The third-order valence-corrected chi connectivity index (χ3v) is 2.29. The molecule has 177 valence electrons. The van der Waals surface area contributed by atoms with Gasteiger partial charge in [-0.2, -0.15) is 6.08 Å². The minimum Gasteiger partial charge on any atom is -0.273 e. The van der Waals surface area contributed by atoms with Gasteiger partial charge in [0, 0.05) is 0 Å². The molecule has 0 heterocycles. The molecule has 0 fully saturated rings. The zero-order valence-electron chi connectivity index (χ0n) is 19.3. The molecule has 11 heteroatoms. The molecule has 0 aliphatic heterocycles. The van der Waals surface area contributed by atoms with Crippen LogP contribution in [0.15, 0.2) is 18.2 Å². The summed E-state index contributed by atoms with van der Waals surface area (Å²) in [6, 6.07) is 0. The van der Waals surface area contributed by atoms with Crippen LogP contribution in [0.3, 0.4) is 0 Å². The van der Waals surface area contributed by atoms with E-state index in [1.807, 2.05) is 74.5 Å². The molecule has 0 unspecified atom stereocenters. The van der Waals surface area contributed by atoms with E-state index in [-0.39, 0.29) is 42.8 Å². The molecule has 0 saturated carbocycles. The first kappa shape index (κ1) is 40.7. The minimum absolute atomic E-state index is 0. The zero-order chi connectivity index (χ0) is 24.7. The summed E-state index contributed by atoms with van der Waals surface area (Å²) in [5.74, 6) is 0. The monoisotopic (exact) mass is 584 g/mol. The van der Waals surface area contributed by atoms with Gasteiger partial charge in [-0.1, -0.05) is 62.3 Å². The molecular formula is C19H36F6GeN3Zr. The van der Waals surface area contributed by atoms with Gasteiger partial charge in [0.2, 0.25) is 0 Å². The van der Waals surface area contributed by atoms with E-state index in [9.17, 15) is 26.3 Å². The maximum absolute atomic E-state index is 10.9. The van der Waals surface area contributed by atoms with E-state index in [1.165, 1.54) is 0 Å². The summed E-state index contributed by atoms with van der Waals surface area (Å²) >= 11 is -4.06. The Morgan fingerprint density at radius 3 is 0.933 bits per heavy atom. The fourth-order valence-corrected chi connectivity index (χ4v) is 1.30. The van der Waals surface area contributed by atoms with E-state index >= 15 is 0 Å². The molecule has 30 heavy (non-hydrogen) atoms. The number of rotatable bonds is 0.